The summed E-state index contributed by atoms with van der Waals surface area (Å²) < 4.78 is 3.90. The molecule has 9 heteroatoms. The Labute approximate surface area is 250 Å². The first-order chi connectivity index (χ1) is 20.1. The number of benzene rings is 2. The third-order valence-electron chi connectivity index (χ3n) is 7.67. The Morgan fingerprint density at radius 3 is 2.45 bits per heavy atom. The van der Waals surface area contributed by atoms with Crippen molar-refractivity contribution in [3.8, 4) is 5.69 Å². The van der Waals surface area contributed by atoms with Crippen LogP contribution in [0.1, 0.15) is 86.5 Å². The highest BCUT2D eigenvalue weighted by Crippen LogP contribution is 2.49. The molecule has 3 aromatic heterocycles. The third-order valence-corrected chi connectivity index (χ3v) is 8.91. The SMILES string of the molecule is Cc1ccc(-n2nc(C(C)(C)C)cc2NC(=O)N[C@@H]2C[C@@H](Sc3ccc4nnc(C(C)C)n4c3)c3ccccc32)cc1. The lowest BCUT2D eigenvalue weighted by atomic mass is 9.92. The van der Waals surface area contributed by atoms with E-state index in [2.05, 4.69) is 109 Å². The molecule has 2 N–H and O–H groups in total. The number of nitrogens with one attached hydrogen (secondary N) is 2. The number of pyridine rings is 1. The van der Waals surface area contributed by atoms with E-state index in [1.54, 1.807) is 0 Å². The van der Waals surface area contributed by atoms with E-state index >= 15 is 0 Å². The summed E-state index contributed by atoms with van der Waals surface area (Å²) in [7, 11) is 0. The van der Waals surface area contributed by atoms with Gasteiger partial charge in [0.25, 0.3) is 0 Å². The number of hydrogen-bond donors (Lipinski definition) is 2. The van der Waals surface area contributed by atoms with Gasteiger partial charge in [0.15, 0.2) is 5.65 Å². The molecule has 0 spiro atoms. The summed E-state index contributed by atoms with van der Waals surface area (Å²) >= 11 is 1.81. The van der Waals surface area contributed by atoms with Crippen molar-refractivity contribution < 1.29 is 4.79 Å². The number of fused-ring (bicyclic) bond motifs is 2. The number of carbonyl (C=O) groups is 1. The van der Waals surface area contributed by atoms with Crippen molar-refractivity contribution in [2.24, 2.45) is 0 Å². The largest absolute Gasteiger partial charge is 0.331 e. The van der Waals surface area contributed by atoms with Crippen molar-refractivity contribution in [3.05, 3.63) is 101 Å². The highest BCUT2D eigenvalue weighted by atomic mass is 32.2. The minimum atomic E-state index is -0.248. The van der Waals surface area contributed by atoms with E-state index in [4.69, 9.17) is 5.10 Å². The van der Waals surface area contributed by atoms with Crippen molar-refractivity contribution in [3.63, 3.8) is 0 Å². The molecule has 0 radical (unpaired) electrons. The Morgan fingerprint density at radius 1 is 1.00 bits per heavy atom. The first-order valence-corrected chi connectivity index (χ1v) is 15.3. The Bertz CT molecular complexity index is 1750. The van der Waals surface area contributed by atoms with Gasteiger partial charge in [-0.1, -0.05) is 76.6 Å². The van der Waals surface area contributed by atoms with Gasteiger partial charge < -0.3 is 5.32 Å². The van der Waals surface area contributed by atoms with Gasteiger partial charge in [-0.15, -0.1) is 22.0 Å². The molecule has 0 saturated heterocycles. The summed E-state index contributed by atoms with van der Waals surface area (Å²) in [6, 6.07) is 22.3. The molecular weight excluding hydrogens is 542 g/mol. The number of amides is 2. The fourth-order valence-corrected chi connectivity index (χ4v) is 6.66. The zero-order valence-electron chi connectivity index (χ0n) is 24.9. The van der Waals surface area contributed by atoms with Crippen molar-refractivity contribution in [2.75, 3.05) is 5.32 Å². The van der Waals surface area contributed by atoms with Gasteiger partial charge in [0.1, 0.15) is 11.6 Å². The van der Waals surface area contributed by atoms with Gasteiger partial charge in [-0.2, -0.15) is 5.10 Å². The third kappa shape index (κ3) is 5.53. The monoisotopic (exact) mass is 579 g/mol. The standard InChI is InChI=1S/C33H37N7OS/c1-20(2)31-37-36-29-16-15-23(19-39(29)31)42-27-17-26(24-9-7-8-10-25(24)27)34-32(41)35-30-18-28(33(4,5)6)38-40(30)22-13-11-21(3)12-14-22/h7-16,18-20,26-27H,17H2,1-6H3,(H2,34,35,41)/t26-,27-/m1/s1. The fraction of sp³-hybridized carbons (Fsp3) is 0.333. The number of aromatic nitrogens is 5. The molecule has 5 aromatic rings. The van der Waals surface area contributed by atoms with Crippen LogP contribution in [0.3, 0.4) is 0 Å². The first-order valence-electron chi connectivity index (χ1n) is 14.4. The maximum absolute atomic E-state index is 13.5. The highest BCUT2D eigenvalue weighted by Gasteiger charge is 2.33. The van der Waals surface area contributed by atoms with Crippen LogP contribution in [-0.4, -0.2) is 30.4 Å². The van der Waals surface area contributed by atoms with E-state index in [1.165, 1.54) is 11.1 Å². The minimum Gasteiger partial charge on any atom is -0.331 e. The second-order valence-electron chi connectivity index (χ2n) is 12.3. The van der Waals surface area contributed by atoms with Crippen LogP contribution >= 0.6 is 11.8 Å². The van der Waals surface area contributed by atoms with Crippen molar-refractivity contribution in [1.82, 2.24) is 29.7 Å². The van der Waals surface area contributed by atoms with Gasteiger partial charge in [-0.3, -0.25) is 9.72 Å². The predicted octanol–water partition coefficient (Wildman–Crippen LogP) is 7.74. The van der Waals surface area contributed by atoms with Crippen molar-refractivity contribution in [2.45, 2.75) is 75.5 Å². The molecule has 0 saturated carbocycles. The number of aryl methyl sites for hydroxylation is 1. The average Bonchev–Trinajstić information content (AvgIpc) is 3.65. The number of nitrogens with zero attached hydrogens (tertiary/aromatic N) is 5. The van der Waals surface area contributed by atoms with E-state index in [-0.39, 0.29) is 28.7 Å². The number of urea groups is 1. The van der Waals surface area contributed by atoms with E-state index in [0.29, 0.717) is 5.82 Å². The van der Waals surface area contributed by atoms with E-state index in [0.717, 1.165) is 39.7 Å². The minimum absolute atomic E-state index is 0.110. The van der Waals surface area contributed by atoms with Crippen LogP contribution in [0.2, 0.25) is 0 Å². The second-order valence-corrected chi connectivity index (χ2v) is 13.6. The maximum atomic E-state index is 13.5. The van der Waals surface area contributed by atoms with E-state index < -0.39 is 0 Å². The topological polar surface area (TPSA) is 89.1 Å². The molecule has 2 amide bonds. The van der Waals surface area contributed by atoms with Crippen LogP contribution in [0.25, 0.3) is 11.3 Å². The zero-order chi connectivity index (χ0) is 29.6. The number of hydrogen-bond acceptors (Lipinski definition) is 5. The summed E-state index contributed by atoms with van der Waals surface area (Å²) in [4.78, 5) is 14.6. The van der Waals surface area contributed by atoms with Gasteiger partial charge in [-0.05, 0) is 48.7 Å². The molecule has 216 valence electrons. The zero-order valence-corrected chi connectivity index (χ0v) is 25.7. The van der Waals surface area contributed by atoms with E-state index in [9.17, 15) is 4.79 Å². The fourth-order valence-electron chi connectivity index (χ4n) is 5.38. The number of rotatable bonds is 6. The lowest BCUT2D eigenvalue weighted by Crippen LogP contribution is -2.32. The first kappa shape index (κ1) is 28.0. The Morgan fingerprint density at radius 2 is 1.74 bits per heavy atom. The normalized spacial score (nSPS) is 16.6. The molecule has 2 aromatic carbocycles. The predicted molar refractivity (Wildman–Crippen MR) is 169 cm³/mol. The Kier molecular flexibility index (Phi) is 7.30. The summed E-state index contributed by atoms with van der Waals surface area (Å²) in [6.07, 6.45) is 2.92. The van der Waals surface area contributed by atoms with Crippen molar-refractivity contribution in [1.29, 1.82) is 0 Å². The molecule has 1 aliphatic carbocycles. The molecule has 8 nitrogen and oxygen atoms in total. The summed E-state index contributed by atoms with van der Waals surface area (Å²) in [6.45, 7) is 12.7. The van der Waals surface area contributed by atoms with Gasteiger partial charge in [0.2, 0.25) is 0 Å². The average molecular weight is 580 g/mol. The molecule has 6 rings (SSSR count). The smallest absolute Gasteiger partial charge is 0.320 e. The van der Waals surface area contributed by atoms with Crippen LogP contribution in [0.4, 0.5) is 10.6 Å². The lowest BCUT2D eigenvalue weighted by Gasteiger charge is -2.16. The van der Waals surface area contributed by atoms with Gasteiger partial charge in [-0.25, -0.2) is 9.48 Å². The van der Waals surface area contributed by atoms with Crippen molar-refractivity contribution >= 4 is 29.3 Å². The molecular formula is C33H37N7OS. The molecule has 42 heavy (non-hydrogen) atoms. The Hall–Kier alpha value is -4.11. The molecule has 2 atom stereocenters. The van der Waals surface area contributed by atoms with Gasteiger partial charge in [0, 0.05) is 33.7 Å². The molecule has 0 unspecified atom stereocenters. The second kappa shape index (κ2) is 10.9. The van der Waals surface area contributed by atoms with Crippen LogP contribution in [0.15, 0.2) is 77.8 Å². The van der Waals surface area contributed by atoms with Crippen LogP contribution in [0, 0.1) is 6.92 Å². The summed E-state index contributed by atoms with van der Waals surface area (Å²) in [5.41, 5.74) is 6.07. The number of thioether (sulfide) groups is 1. The summed E-state index contributed by atoms with van der Waals surface area (Å²) in [5, 5.41) is 20.1. The van der Waals surface area contributed by atoms with Crippen LogP contribution in [0.5, 0.6) is 0 Å². The van der Waals surface area contributed by atoms with Crippen LogP contribution < -0.4 is 10.6 Å². The quantitative estimate of drug-likeness (QED) is 0.215. The molecule has 0 fully saturated rings. The molecule has 0 bridgehead atoms. The maximum Gasteiger partial charge on any atom is 0.320 e. The van der Waals surface area contributed by atoms with E-state index in [1.807, 2.05) is 46.8 Å². The van der Waals surface area contributed by atoms with Gasteiger partial charge in [0.05, 0.1) is 17.4 Å². The van der Waals surface area contributed by atoms with Gasteiger partial charge >= 0.3 is 6.03 Å². The number of anilines is 1. The van der Waals surface area contributed by atoms with Crippen LogP contribution in [-0.2, 0) is 5.41 Å². The Balaban J connectivity index is 1.22. The lowest BCUT2D eigenvalue weighted by molar-refractivity contribution is 0.248. The molecule has 3 heterocycles. The summed E-state index contributed by atoms with van der Waals surface area (Å²) in [5.74, 6) is 1.87. The highest BCUT2D eigenvalue weighted by molar-refractivity contribution is 7.99. The molecule has 1 aliphatic rings. The number of carbonyl (C=O) groups excluding carboxylic acids is 1. The molecule has 0 aliphatic heterocycles.